The van der Waals surface area contributed by atoms with E-state index in [9.17, 15) is 12.8 Å². The number of sulfonamides is 1. The van der Waals surface area contributed by atoms with Gasteiger partial charge in [0.05, 0.1) is 11.4 Å². The van der Waals surface area contributed by atoms with Crippen molar-refractivity contribution < 1.29 is 17.5 Å². The molecule has 0 spiro atoms. The van der Waals surface area contributed by atoms with E-state index in [2.05, 4.69) is 9.97 Å². The lowest BCUT2D eigenvalue weighted by Gasteiger charge is -2.32. The summed E-state index contributed by atoms with van der Waals surface area (Å²) in [4.78, 5) is 10.2. The number of hydrogen-bond donors (Lipinski definition) is 0. The normalized spacial score (nSPS) is 18.5. The van der Waals surface area contributed by atoms with Gasteiger partial charge in [-0.05, 0) is 31.0 Å². The lowest BCUT2D eigenvalue weighted by atomic mass is 10.1. The van der Waals surface area contributed by atoms with Gasteiger partial charge in [-0.2, -0.15) is 4.31 Å². The van der Waals surface area contributed by atoms with Crippen LogP contribution in [0.15, 0.2) is 41.6 Å². The zero-order valence-corrected chi connectivity index (χ0v) is 15.5. The molecule has 26 heavy (non-hydrogen) atoms. The highest BCUT2D eigenvalue weighted by Crippen LogP contribution is 2.26. The monoisotopic (exact) mass is 380 g/mol. The van der Waals surface area contributed by atoms with Crippen LogP contribution < -0.4 is 9.64 Å². The summed E-state index contributed by atoms with van der Waals surface area (Å²) < 4.78 is 46.3. The van der Waals surface area contributed by atoms with Gasteiger partial charge in [0.25, 0.3) is 5.88 Å². The molecule has 0 bridgehead atoms. The van der Waals surface area contributed by atoms with Gasteiger partial charge in [-0.15, -0.1) is 0 Å². The third kappa shape index (κ3) is 3.94. The number of nitrogens with zero attached hydrogens (tertiary/aromatic N) is 4. The van der Waals surface area contributed by atoms with Crippen molar-refractivity contribution in [3.63, 3.8) is 0 Å². The second kappa shape index (κ2) is 7.55. The van der Waals surface area contributed by atoms with Crippen LogP contribution in [0.1, 0.15) is 12.8 Å². The Hall–Kier alpha value is -2.26. The third-order valence-corrected chi connectivity index (χ3v) is 5.98. The lowest BCUT2D eigenvalue weighted by Crippen LogP contribution is -2.44. The zero-order chi connectivity index (χ0) is 18.7. The van der Waals surface area contributed by atoms with Crippen LogP contribution in [0.4, 0.5) is 10.2 Å². The van der Waals surface area contributed by atoms with Crippen molar-refractivity contribution >= 4 is 15.8 Å². The Morgan fingerprint density at radius 2 is 2.04 bits per heavy atom. The lowest BCUT2D eigenvalue weighted by molar-refractivity contribution is 0.125. The summed E-state index contributed by atoms with van der Waals surface area (Å²) in [6.07, 6.45) is 4.12. The van der Waals surface area contributed by atoms with Crippen molar-refractivity contribution in [3.05, 3.63) is 42.5 Å². The minimum Gasteiger partial charge on any atom is -0.470 e. The molecular formula is C17H21FN4O3S. The highest BCUT2D eigenvalue weighted by molar-refractivity contribution is 7.89. The Kier molecular flexibility index (Phi) is 5.38. The minimum atomic E-state index is -3.77. The van der Waals surface area contributed by atoms with Gasteiger partial charge < -0.3 is 9.64 Å². The summed E-state index contributed by atoms with van der Waals surface area (Å²) in [5.41, 5.74) is 0. The maximum absolute atomic E-state index is 13.4. The molecule has 2 aromatic rings. The first-order valence-electron chi connectivity index (χ1n) is 8.28. The Morgan fingerprint density at radius 3 is 2.77 bits per heavy atom. The Labute approximate surface area is 152 Å². The predicted molar refractivity (Wildman–Crippen MR) is 95.2 cm³/mol. The fourth-order valence-corrected chi connectivity index (χ4v) is 4.40. The van der Waals surface area contributed by atoms with Crippen molar-refractivity contribution in [2.45, 2.75) is 23.8 Å². The molecule has 1 saturated heterocycles. The van der Waals surface area contributed by atoms with Crippen LogP contribution in [0, 0.1) is 5.82 Å². The first-order valence-corrected chi connectivity index (χ1v) is 9.72. The number of ether oxygens (including phenoxy) is 1. The summed E-state index contributed by atoms with van der Waals surface area (Å²) >= 11 is 0. The summed E-state index contributed by atoms with van der Waals surface area (Å²) in [5, 5.41) is 0. The van der Waals surface area contributed by atoms with E-state index in [0.717, 1.165) is 6.07 Å². The van der Waals surface area contributed by atoms with E-state index in [1.54, 1.807) is 11.1 Å². The number of hydrogen-bond acceptors (Lipinski definition) is 6. The number of benzene rings is 1. The largest absolute Gasteiger partial charge is 0.470 e. The Morgan fingerprint density at radius 1 is 1.27 bits per heavy atom. The van der Waals surface area contributed by atoms with E-state index < -0.39 is 15.8 Å². The molecule has 1 aromatic carbocycles. The van der Waals surface area contributed by atoms with Gasteiger partial charge in [0, 0.05) is 33.0 Å². The second-order valence-electron chi connectivity index (χ2n) is 6.28. The summed E-state index contributed by atoms with van der Waals surface area (Å²) in [7, 11) is -0.106. The van der Waals surface area contributed by atoms with Crippen molar-refractivity contribution in [1.82, 2.24) is 14.3 Å². The second-order valence-corrected chi connectivity index (χ2v) is 8.22. The summed E-state index contributed by atoms with van der Waals surface area (Å²) in [6, 6.07) is 5.05. The van der Waals surface area contributed by atoms with Crippen LogP contribution in [-0.2, 0) is 10.0 Å². The van der Waals surface area contributed by atoms with Crippen LogP contribution in [0.5, 0.6) is 5.88 Å². The van der Waals surface area contributed by atoms with E-state index in [4.69, 9.17) is 4.74 Å². The number of aromatic nitrogens is 2. The number of rotatable bonds is 5. The molecule has 1 unspecified atom stereocenters. The number of piperidine rings is 1. The maximum atomic E-state index is 13.4. The fraction of sp³-hybridized carbons (Fsp3) is 0.412. The molecular weight excluding hydrogens is 359 g/mol. The first-order chi connectivity index (χ1) is 12.4. The highest BCUT2D eigenvalue weighted by atomic mass is 32.2. The molecule has 1 aromatic heterocycles. The van der Waals surface area contributed by atoms with Crippen molar-refractivity contribution in [3.8, 4) is 5.88 Å². The third-order valence-electron chi connectivity index (χ3n) is 4.12. The number of anilines is 1. The maximum Gasteiger partial charge on any atom is 0.257 e. The quantitative estimate of drug-likeness (QED) is 0.789. The van der Waals surface area contributed by atoms with Crippen molar-refractivity contribution in [2.75, 3.05) is 32.1 Å². The van der Waals surface area contributed by atoms with Gasteiger partial charge in [0.2, 0.25) is 10.0 Å². The average molecular weight is 380 g/mol. The summed E-state index contributed by atoms with van der Waals surface area (Å²) in [5.74, 6) is 0.371. The van der Waals surface area contributed by atoms with E-state index >= 15 is 0 Å². The SMILES string of the molecule is CN(C)c1nccnc1OC1CCCN(S(=O)(=O)c2cccc(F)c2)C1. The fourth-order valence-electron chi connectivity index (χ4n) is 2.86. The molecule has 0 saturated carbocycles. The van der Waals surface area contributed by atoms with Crippen LogP contribution in [-0.4, -0.2) is 56.0 Å². The molecule has 1 fully saturated rings. The van der Waals surface area contributed by atoms with Gasteiger partial charge in [-0.3, -0.25) is 0 Å². The summed E-state index contributed by atoms with van der Waals surface area (Å²) in [6.45, 7) is 0.558. The molecule has 7 nitrogen and oxygen atoms in total. The van der Waals surface area contributed by atoms with Gasteiger partial charge in [0.1, 0.15) is 11.9 Å². The van der Waals surface area contributed by atoms with E-state index in [1.165, 1.54) is 28.7 Å². The van der Waals surface area contributed by atoms with Gasteiger partial charge in [-0.25, -0.2) is 22.8 Å². The molecule has 1 aliphatic heterocycles. The van der Waals surface area contributed by atoms with Gasteiger partial charge >= 0.3 is 0 Å². The van der Waals surface area contributed by atoms with E-state index in [0.29, 0.717) is 31.1 Å². The standard InChI is InChI=1S/C17H21FN4O3S/c1-21(2)16-17(20-9-8-19-16)25-14-6-4-10-22(12-14)26(23,24)15-7-3-5-13(18)11-15/h3,5,7-9,11,14H,4,6,10,12H2,1-2H3. The number of halogens is 1. The molecule has 2 heterocycles. The smallest absolute Gasteiger partial charge is 0.257 e. The Balaban J connectivity index is 1.78. The minimum absolute atomic E-state index is 0.0494. The van der Waals surface area contributed by atoms with Gasteiger partial charge in [-0.1, -0.05) is 6.07 Å². The molecule has 9 heteroatoms. The highest BCUT2D eigenvalue weighted by Gasteiger charge is 2.32. The molecule has 140 valence electrons. The topological polar surface area (TPSA) is 75.6 Å². The van der Waals surface area contributed by atoms with Gasteiger partial charge in [0.15, 0.2) is 5.82 Å². The molecule has 0 amide bonds. The molecule has 1 aliphatic rings. The van der Waals surface area contributed by atoms with E-state index in [1.807, 2.05) is 14.1 Å². The van der Waals surface area contributed by atoms with Crippen molar-refractivity contribution in [1.29, 1.82) is 0 Å². The molecule has 0 aliphatic carbocycles. The zero-order valence-electron chi connectivity index (χ0n) is 14.7. The molecule has 3 rings (SSSR count). The van der Waals surface area contributed by atoms with Crippen LogP contribution in [0.25, 0.3) is 0 Å². The molecule has 1 atom stereocenters. The molecule has 0 radical (unpaired) electrons. The Bertz CT molecular complexity index is 876. The molecule has 0 N–H and O–H groups in total. The average Bonchev–Trinajstić information content (AvgIpc) is 2.62. The first kappa shape index (κ1) is 18.5. The van der Waals surface area contributed by atoms with Crippen LogP contribution in [0.3, 0.4) is 0 Å². The van der Waals surface area contributed by atoms with Crippen LogP contribution in [0.2, 0.25) is 0 Å². The predicted octanol–water partition coefficient (Wildman–Crippen LogP) is 1.91. The van der Waals surface area contributed by atoms with E-state index in [-0.39, 0.29) is 17.5 Å². The van der Waals surface area contributed by atoms with Crippen molar-refractivity contribution in [2.24, 2.45) is 0 Å². The van der Waals surface area contributed by atoms with Crippen LogP contribution >= 0.6 is 0 Å².